The fourth-order valence-electron chi connectivity index (χ4n) is 1.79. The second-order valence-corrected chi connectivity index (χ2v) is 4.51. The normalized spacial score (nSPS) is 9.70. The number of anilines is 1. The summed E-state index contributed by atoms with van der Waals surface area (Å²) in [7, 11) is 0. The summed E-state index contributed by atoms with van der Waals surface area (Å²) in [6.07, 6.45) is 1.46. The van der Waals surface area contributed by atoms with Gasteiger partial charge in [-0.3, -0.25) is 4.79 Å². The largest absolute Gasteiger partial charge is 0.322 e. The van der Waals surface area contributed by atoms with Crippen molar-refractivity contribution < 1.29 is 9.59 Å². The summed E-state index contributed by atoms with van der Waals surface area (Å²) in [6, 6.07) is 12.2. The van der Waals surface area contributed by atoms with Gasteiger partial charge in [0.15, 0.2) is 0 Å². The number of nitrogens with one attached hydrogen (secondary N) is 1. The van der Waals surface area contributed by atoms with Crippen molar-refractivity contribution in [1.82, 2.24) is 0 Å². The molecule has 100 valence electrons. The number of carbonyl (C=O) groups excluding carboxylic acids is 2. The Morgan fingerprint density at radius 3 is 2.60 bits per heavy atom. The number of aliphatic imine (C=N–C) groups is 1. The van der Waals surface area contributed by atoms with E-state index in [0.717, 1.165) is 11.3 Å². The van der Waals surface area contributed by atoms with Gasteiger partial charge in [-0.2, -0.15) is 4.99 Å². The highest BCUT2D eigenvalue weighted by molar-refractivity contribution is 6.04. The van der Waals surface area contributed by atoms with E-state index in [1.165, 1.54) is 11.6 Å². The topological polar surface area (TPSA) is 58.5 Å². The molecule has 0 aliphatic heterocycles. The Morgan fingerprint density at radius 1 is 1.10 bits per heavy atom. The third kappa shape index (κ3) is 3.19. The maximum atomic E-state index is 12.1. The Morgan fingerprint density at radius 2 is 1.90 bits per heavy atom. The first kappa shape index (κ1) is 13.7. The minimum Gasteiger partial charge on any atom is -0.322 e. The van der Waals surface area contributed by atoms with Crippen molar-refractivity contribution >= 4 is 23.4 Å². The molecular formula is C16H14N2O2. The van der Waals surface area contributed by atoms with Crippen molar-refractivity contribution in [3.05, 3.63) is 59.2 Å². The Bertz CT molecular complexity index is 701. The number of carbonyl (C=O) groups is 1. The van der Waals surface area contributed by atoms with E-state index in [0.29, 0.717) is 11.3 Å². The van der Waals surface area contributed by atoms with Crippen LogP contribution in [0, 0.1) is 13.8 Å². The Kier molecular flexibility index (Phi) is 4.08. The van der Waals surface area contributed by atoms with Gasteiger partial charge >= 0.3 is 0 Å². The molecule has 0 saturated heterocycles. The zero-order valence-corrected chi connectivity index (χ0v) is 11.3. The van der Waals surface area contributed by atoms with E-state index >= 15 is 0 Å². The van der Waals surface area contributed by atoms with Gasteiger partial charge in [-0.1, -0.05) is 12.1 Å². The van der Waals surface area contributed by atoms with Crippen LogP contribution >= 0.6 is 0 Å². The Hall–Kier alpha value is -2.71. The molecule has 0 bridgehead atoms. The predicted molar refractivity (Wildman–Crippen MR) is 78.1 cm³/mol. The first-order valence-electron chi connectivity index (χ1n) is 6.16. The summed E-state index contributed by atoms with van der Waals surface area (Å²) < 4.78 is 0. The molecule has 0 unspecified atom stereocenters. The molecule has 20 heavy (non-hydrogen) atoms. The van der Waals surface area contributed by atoms with Crippen LogP contribution in [0.25, 0.3) is 0 Å². The van der Waals surface area contributed by atoms with E-state index in [1.807, 2.05) is 32.0 Å². The molecule has 0 radical (unpaired) electrons. The third-order valence-electron chi connectivity index (χ3n) is 3.05. The Labute approximate surface area is 117 Å². The fraction of sp³-hybridized carbons (Fsp3) is 0.125. The highest BCUT2D eigenvalue weighted by atomic mass is 16.1. The first-order chi connectivity index (χ1) is 9.60. The van der Waals surface area contributed by atoms with Gasteiger partial charge in [0, 0.05) is 11.3 Å². The number of rotatable bonds is 3. The molecule has 2 aromatic carbocycles. The van der Waals surface area contributed by atoms with Crippen molar-refractivity contribution in [1.29, 1.82) is 0 Å². The number of nitrogens with zero attached hydrogens (tertiary/aromatic N) is 1. The summed E-state index contributed by atoms with van der Waals surface area (Å²) in [4.78, 5) is 25.8. The number of aryl methyl sites for hydroxylation is 2. The number of amides is 1. The van der Waals surface area contributed by atoms with Gasteiger partial charge in [0.1, 0.15) is 0 Å². The second kappa shape index (κ2) is 5.95. The lowest BCUT2D eigenvalue weighted by Gasteiger charge is -2.08. The molecule has 0 heterocycles. The first-order valence-corrected chi connectivity index (χ1v) is 6.16. The molecule has 0 spiro atoms. The zero-order chi connectivity index (χ0) is 14.5. The van der Waals surface area contributed by atoms with Gasteiger partial charge in [0.2, 0.25) is 6.08 Å². The maximum Gasteiger partial charge on any atom is 0.255 e. The molecule has 1 N–H and O–H groups in total. The second-order valence-electron chi connectivity index (χ2n) is 4.51. The molecule has 0 atom stereocenters. The van der Waals surface area contributed by atoms with E-state index in [9.17, 15) is 9.59 Å². The van der Waals surface area contributed by atoms with E-state index < -0.39 is 0 Å². The van der Waals surface area contributed by atoms with E-state index in [4.69, 9.17) is 0 Å². The third-order valence-corrected chi connectivity index (χ3v) is 3.05. The fourth-order valence-corrected chi connectivity index (χ4v) is 1.79. The van der Waals surface area contributed by atoms with Gasteiger partial charge in [-0.05, 0) is 55.3 Å². The highest BCUT2D eigenvalue weighted by Crippen LogP contribution is 2.17. The van der Waals surface area contributed by atoms with Gasteiger partial charge < -0.3 is 5.32 Å². The lowest BCUT2D eigenvalue weighted by molar-refractivity contribution is 0.102. The molecule has 1 amide bonds. The van der Waals surface area contributed by atoms with Crippen LogP contribution in [-0.2, 0) is 4.79 Å². The van der Waals surface area contributed by atoms with Crippen LogP contribution in [0.5, 0.6) is 0 Å². The van der Waals surface area contributed by atoms with Crippen LogP contribution in [0.1, 0.15) is 21.5 Å². The van der Waals surface area contributed by atoms with E-state index in [2.05, 4.69) is 10.3 Å². The molecule has 2 rings (SSSR count). The molecule has 4 nitrogen and oxygen atoms in total. The summed E-state index contributed by atoms with van der Waals surface area (Å²) in [6.45, 7) is 4.01. The van der Waals surface area contributed by atoms with E-state index in [1.54, 1.807) is 24.3 Å². The standard InChI is InChI=1S/C16H14N2O2/c1-11-6-7-15(8-12(11)2)18-16(20)13-4-3-5-14(9-13)17-10-19/h3-9H,1-2H3,(H,18,20). The average Bonchev–Trinajstić information content (AvgIpc) is 2.43. The number of hydrogen-bond donors (Lipinski definition) is 1. The number of hydrogen-bond acceptors (Lipinski definition) is 3. The van der Waals surface area contributed by atoms with Gasteiger partial charge in [0.25, 0.3) is 5.91 Å². The van der Waals surface area contributed by atoms with E-state index in [-0.39, 0.29) is 5.91 Å². The smallest absolute Gasteiger partial charge is 0.255 e. The molecule has 2 aromatic rings. The van der Waals surface area contributed by atoms with Crippen LogP contribution in [0.2, 0.25) is 0 Å². The average molecular weight is 266 g/mol. The maximum absolute atomic E-state index is 12.1. The van der Waals surface area contributed by atoms with Gasteiger partial charge in [-0.25, -0.2) is 4.79 Å². The minimum atomic E-state index is -0.240. The minimum absolute atomic E-state index is 0.240. The summed E-state index contributed by atoms with van der Waals surface area (Å²) in [5.41, 5.74) is 3.88. The SMILES string of the molecule is Cc1ccc(NC(=O)c2cccc(N=C=O)c2)cc1C. The number of benzene rings is 2. The van der Waals surface area contributed by atoms with Crippen LogP contribution in [0.3, 0.4) is 0 Å². The molecule has 4 heteroatoms. The predicted octanol–water partition coefficient (Wildman–Crippen LogP) is 3.52. The summed E-state index contributed by atoms with van der Waals surface area (Å²) in [5, 5.41) is 2.82. The molecule has 0 aromatic heterocycles. The van der Waals surface area contributed by atoms with Crippen molar-refractivity contribution in [2.24, 2.45) is 4.99 Å². The zero-order valence-electron chi connectivity index (χ0n) is 11.3. The van der Waals surface area contributed by atoms with Crippen molar-refractivity contribution in [2.75, 3.05) is 5.32 Å². The van der Waals surface area contributed by atoms with Crippen molar-refractivity contribution in [3.8, 4) is 0 Å². The molecule has 0 aliphatic carbocycles. The number of isocyanates is 1. The van der Waals surface area contributed by atoms with Gasteiger partial charge in [0.05, 0.1) is 5.69 Å². The van der Waals surface area contributed by atoms with Crippen LogP contribution in [0.15, 0.2) is 47.5 Å². The van der Waals surface area contributed by atoms with Crippen LogP contribution in [0.4, 0.5) is 11.4 Å². The Balaban J connectivity index is 2.21. The molecule has 0 aliphatic rings. The lowest BCUT2D eigenvalue weighted by atomic mass is 10.1. The highest BCUT2D eigenvalue weighted by Gasteiger charge is 2.07. The van der Waals surface area contributed by atoms with Crippen molar-refractivity contribution in [3.63, 3.8) is 0 Å². The molecule has 0 fully saturated rings. The van der Waals surface area contributed by atoms with Crippen LogP contribution in [-0.4, -0.2) is 12.0 Å². The van der Waals surface area contributed by atoms with Gasteiger partial charge in [-0.15, -0.1) is 0 Å². The lowest BCUT2D eigenvalue weighted by Crippen LogP contribution is -2.11. The molecule has 0 saturated carbocycles. The quantitative estimate of drug-likeness (QED) is 0.682. The monoisotopic (exact) mass is 266 g/mol. The van der Waals surface area contributed by atoms with Crippen molar-refractivity contribution in [2.45, 2.75) is 13.8 Å². The summed E-state index contributed by atoms with van der Waals surface area (Å²) >= 11 is 0. The van der Waals surface area contributed by atoms with Crippen LogP contribution < -0.4 is 5.32 Å². The summed E-state index contributed by atoms with van der Waals surface area (Å²) in [5.74, 6) is -0.240. The molecular weight excluding hydrogens is 252 g/mol.